The van der Waals surface area contributed by atoms with Crippen molar-refractivity contribution in [1.29, 1.82) is 0 Å². The van der Waals surface area contributed by atoms with Crippen LogP contribution in [0.25, 0.3) is 22.0 Å². The summed E-state index contributed by atoms with van der Waals surface area (Å²) in [5, 5.41) is 10.3. The molecule has 13 nitrogen and oxygen atoms in total. The molecule has 16 heteroatoms. The van der Waals surface area contributed by atoms with Crippen molar-refractivity contribution in [3.8, 4) is 11.1 Å². The van der Waals surface area contributed by atoms with Crippen LogP contribution in [-0.2, 0) is 31.8 Å². The third kappa shape index (κ3) is 7.64. The van der Waals surface area contributed by atoms with Crippen LogP contribution in [0.15, 0.2) is 62.0 Å². The maximum absolute atomic E-state index is 14.4. The first kappa shape index (κ1) is 38.0. The molecule has 1 aromatic carbocycles. The van der Waals surface area contributed by atoms with E-state index in [4.69, 9.17) is 4.74 Å². The molecule has 3 aromatic heterocycles. The molecule has 3 amide bonds. The molecule has 1 saturated carbocycles. The van der Waals surface area contributed by atoms with E-state index in [-0.39, 0.29) is 49.2 Å². The van der Waals surface area contributed by atoms with Gasteiger partial charge in [-0.25, -0.2) is 15.0 Å². The molecule has 0 bridgehead atoms. The van der Waals surface area contributed by atoms with Gasteiger partial charge in [0.2, 0.25) is 17.7 Å². The minimum atomic E-state index is -4.74. The number of aryl methyl sites for hydroxylation is 2. The number of pyridine rings is 1. The number of nitrogens with zero attached hydrogens (tertiary/aromatic N) is 6. The van der Waals surface area contributed by atoms with Crippen molar-refractivity contribution in [3.63, 3.8) is 0 Å². The van der Waals surface area contributed by atoms with Crippen LogP contribution < -0.4 is 10.6 Å². The summed E-state index contributed by atoms with van der Waals surface area (Å²) in [7, 11) is 0. The molecule has 0 radical (unpaired) electrons. The van der Waals surface area contributed by atoms with Crippen LogP contribution in [0.5, 0.6) is 0 Å². The maximum atomic E-state index is 14.4. The number of alkyl halides is 3. The molecule has 2 fully saturated rings. The number of likely N-dealkylation sites (tertiary alicyclic amines) is 1. The van der Waals surface area contributed by atoms with Crippen molar-refractivity contribution in [2.24, 2.45) is 5.41 Å². The lowest BCUT2D eigenvalue weighted by molar-refractivity contribution is -0.141. The highest BCUT2D eigenvalue weighted by Gasteiger charge is 2.67. The Balaban J connectivity index is 1.38. The topological polar surface area (TPSA) is 161 Å². The van der Waals surface area contributed by atoms with Gasteiger partial charge in [-0.15, -0.1) is 13.2 Å². The second kappa shape index (κ2) is 14.9. The second-order valence-electron chi connectivity index (χ2n) is 13.6. The zero-order valence-electron chi connectivity index (χ0n) is 30.0. The van der Waals surface area contributed by atoms with Gasteiger partial charge >= 0.3 is 6.18 Å². The van der Waals surface area contributed by atoms with E-state index in [2.05, 4.69) is 43.8 Å². The number of piperidine rings is 1. The Labute approximate surface area is 308 Å². The molecule has 1 aliphatic carbocycles. The highest BCUT2D eigenvalue weighted by molar-refractivity contribution is 6.11. The van der Waals surface area contributed by atoms with Gasteiger partial charge in [0.1, 0.15) is 35.6 Å². The van der Waals surface area contributed by atoms with E-state index in [9.17, 15) is 32.3 Å². The van der Waals surface area contributed by atoms with E-state index in [0.717, 1.165) is 6.07 Å². The normalized spacial score (nSPS) is 19.0. The molecule has 54 heavy (non-hydrogen) atoms. The first-order valence-electron chi connectivity index (χ1n) is 17.3. The first-order chi connectivity index (χ1) is 25.7. The Kier molecular flexibility index (Phi) is 10.5. The van der Waals surface area contributed by atoms with Gasteiger partial charge in [0.25, 0.3) is 0 Å². The second-order valence-corrected chi connectivity index (χ2v) is 13.6. The minimum Gasteiger partial charge on any atom is -0.377 e. The third-order valence-corrected chi connectivity index (χ3v) is 9.69. The van der Waals surface area contributed by atoms with Gasteiger partial charge in [0.05, 0.1) is 24.4 Å². The van der Waals surface area contributed by atoms with Crippen molar-refractivity contribution < 1.29 is 37.1 Å². The molecule has 1 saturated heterocycles. The Morgan fingerprint density at radius 1 is 1.04 bits per heavy atom. The number of aromatic nitrogens is 5. The molecule has 0 spiro atoms. The summed E-state index contributed by atoms with van der Waals surface area (Å²) in [6, 6.07) is 3.95. The van der Waals surface area contributed by atoms with Gasteiger partial charge in [0, 0.05) is 48.1 Å². The SMILES string of the molecule is C=CCCC(=O)Nc1cc(-c2cnc(C)nc2)cc2c(C(C)=O)nn(CC(=O)N3C(C(=O)Nc4nc(C(F)(F)F)ccc4C)CC4(COCC=C)CC34)c12. The maximum Gasteiger partial charge on any atom is 0.433 e. The quantitative estimate of drug-likeness (QED) is 0.0920. The molecule has 2 N–H and O–H groups in total. The summed E-state index contributed by atoms with van der Waals surface area (Å²) in [4.78, 5) is 68.0. The van der Waals surface area contributed by atoms with Crippen LogP contribution in [-0.4, -0.2) is 78.4 Å². The molecule has 3 atom stereocenters. The van der Waals surface area contributed by atoms with Crippen molar-refractivity contribution in [1.82, 2.24) is 29.6 Å². The predicted molar refractivity (Wildman–Crippen MR) is 193 cm³/mol. The molecule has 4 aromatic rings. The number of ketones is 1. The van der Waals surface area contributed by atoms with Crippen LogP contribution in [0.3, 0.4) is 0 Å². The lowest BCUT2D eigenvalue weighted by atomic mass is 10.00. The molecule has 6 rings (SSSR count). The number of carbonyl (C=O) groups is 4. The number of ether oxygens (including phenoxy) is 1. The van der Waals surface area contributed by atoms with Crippen molar-refractivity contribution >= 4 is 45.9 Å². The van der Waals surface area contributed by atoms with Crippen molar-refractivity contribution in [2.45, 2.75) is 71.3 Å². The highest BCUT2D eigenvalue weighted by Crippen LogP contribution is 2.60. The zero-order chi connectivity index (χ0) is 38.9. The van der Waals surface area contributed by atoms with E-state index in [1.54, 1.807) is 43.6 Å². The van der Waals surface area contributed by atoms with E-state index in [1.165, 1.54) is 29.5 Å². The Morgan fingerprint density at radius 3 is 2.44 bits per heavy atom. The number of Topliss-reactive ketones (excluding diaryl/α,β-unsaturated/α-hetero) is 1. The van der Waals surface area contributed by atoms with Gasteiger partial charge in [-0.2, -0.15) is 18.3 Å². The van der Waals surface area contributed by atoms with E-state index in [0.29, 0.717) is 46.3 Å². The molecule has 282 valence electrons. The molecular weight excluding hydrogens is 705 g/mol. The number of rotatable bonds is 14. The number of hydrogen-bond acceptors (Lipinski definition) is 9. The largest absolute Gasteiger partial charge is 0.433 e. The molecule has 2 aliphatic rings. The first-order valence-corrected chi connectivity index (χ1v) is 17.3. The van der Waals surface area contributed by atoms with Crippen LogP contribution in [0, 0.1) is 19.3 Å². The molecule has 4 heterocycles. The highest BCUT2D eigenvalue weighted by atomic mass is 19.4. The number of anilines is 2. The average Bonchev–Trinajstić information content (AvgIpc) is 3.52. The van der Waals surface area contributed by atoms with Gasteiger partial charge in [-0.3, -0.25) is 23.9 Å². The smallest absolute Gasteiger partial charge is 0.377 e. The summed E-state index contributed by atoms with van der Waals surface area (Å²) in [5.74, 6) is -1.68. The summed E-state index contributed by atoms with van der Waals surface area (Å²) < 4.78 is 47.6. The summed E-state index contributed by atoms with van der Waals surface area (Å²) >= 11 is 0. The Hall–Kier alpha value is -5.77. The number of amides is 3. The summed E-state index contributed by atoms with van der Waals surface area (Å²) in [5.41, 5.74) is 0.410. The van der Waals surface area contributed by atoms with Crippen LogP contribution in [0.2, 0.25) is 0 Å². The van der Waals surface area contributed by atoms with Gasteiger partial charge < -0.3 is 20.3 Å². The number of halogens is 3. The number of fused-ring (bicyclic) bond motifs is 2. The summed E-state index contributed by atoms with van der Waals surface area (Å²) in [6.45, 7) is 12.0. The monoisotopic (exact) mass is 744 g/mol. The van der Waals surface area contributed by atoms with E-state index < -0.39 is 53.5 Å². The van der Waals surface area contributed by atoms with Crippen LogP contribution in [0.4, 0.5) is 24.7 Å². The fraction of sp³-hybridized carbons (Fsp3) is 0.368. The van der Waals surface area contributed by atoms with Gasteiger partial charge in [0.15, 0.2) is 5.78 Å². The molecular formula is C38H39F3N8O5. The number of allylic oxidation sites excluding steroid dienone is 1. The summed E-state index contributed by atoms with van der Waals surface area (Å²) in [6.07, 6.45) is 2.94. The fourth-order valence-electron chi connectivity index (χ4n) is 6.93. The lowest BCUT2D eigenvalue weighted by Crippen LogP contribution is -2.47. The van der Waals surface area contributed by atoms with E-state index in [1.807, 2.05) is 0 Å². The number of carbonyl (C=O) groups excluding carboxylic acids is 4. The predicted octanol–water partition coefficient (Wildman–Crippen LogP) is 5.83. The number of nitrogens with one attached hydrogen (secondary N) is 2. The Morgan fingerprint density at radius 2 is 1.78 bits per heavy atom. The van der Waals surface area contributed by atoms with Gasteiger partial charge in [-0.1, -0.05) is 18.2 Å². The fourth-order valence-corrected chi connectivity index (χ4v) is 6.93. The van der Waals surface area contributed by atoms with E-state index >= 15 is 0 Å². The lowest BCUT2D eigenvalue weighted by Gasteiger charge is -2.27. The number of benzene rings is 1. The van der Waals surface area contributed by atoms with Crippen molar-refractivity contribution in [2.75, 3.05) is 23.8 Å². The molecule has 3 unspecified atom stereocenters. The third-order valence-electron chi connectivity index (χ3n) is 9.69. The van der Waals surface area contributed by atoms with Crippen LogP contribution >= 0.6 is 0 Å². The minimum absolute atomic E-state index is 0.0506. The number of hydrogen-bond donors (Lipinski definition) is 2. The Bertz CT molecular complexity index is 2170. The van der Waals surface area contributed by atoms with Crippen molar-refractivity contribution in [3.05, 3.63) is 84.7 Å². The van der Waals surface area contributed by atoms with Crippen LogP contribution in [0.1, 0.15) is 60.2 Å². The average molecular weight is 745 g/mol. The zero-order valence-corrected chi connectivity index (χ0v) is 30.0. The molecule has 1 aliphatic heterocycles. The standard InChI is InChI=1S/C38H39F3N8O5/c1-6-8-9-31(51)44-27-14-24(25-17-42-23(5)43-18-25)13-26-33(22(4)50)47-48(34(26)27)19-32(52)49-28(15-37(16-30(37)49)20-54-12-7-2)36(53)46-35-21(3)10-11-29(45-35)38(39,40)41/h6-7,10-11,13-14,17-18,28,30H,1-2,8-9,12,15-16,19-20H2,3-5H3,(H,44,51)(H,45,46,53). The van der Waals surface area contributed by atoms with Gasteiger partial charge in [-0.05, 0) is 62.4 Å².